The molecule has 0 radical (unpaired) electrons. The Bertz CT molecular complexity index is 1540. The van der Waals surface area contributed by atoms with E-state index in [2.05, 4.69) is 108 Å². The summed E-state index contributed by atoms with van der Waals surface area (Å²) in [5.74, 6) is 3.39. The minimum Gasteiger partial charge on any atom is -0.311 e. The number of nitrogens with zero attached hydrogens (tertiary/aromatic N) is 1. The maximum absolute atomic E-state index is 2.51. The molecule has 0 spiro atoms. The molecule has 1 heteroatoms. The molecule has 4 aliphatic carbocycles. The zero-order valence-electron chi connectivity index (χ0n) is 27.9. The highest BCUT2D eigenvalue weighted by Gasteiger charge is 2.40. The second-order valence-corrected chi connectivity index (χ2v) is 15.4. The van der Waals surface area contributed by atoms with Gasteiger partial charge in [-0.2, -0.15) is 0 Å². The van der Waals surface area contributed by atoms with Gasteiger partial charge in [0.05, 0.1) is 0 Å². The van der Waals surface area contributed by atoms with Gasteiger partial charge in [0.2, 0.25) is 0 Å². The molecule has 4 aliphatic rings. The average Bonchev–Trinajstić information content (AvgIpc) is 3.75. The van der Waals surface area contributed by atoms with Crippen molar-refractivity contribution in [1.29, 1.82) is 0 Å². The van der Waals surface area contributed by atoms with E-state index in [4.69, 9.17) is 0 Å². The van der Waals surface area contributed by atoms with E-state index in [9.17, 15) is 0 Å². The summed E-state index contributed by atoms with van der Waals surface area (Å²) in [5, 5.41) is 0. The Morgan fingerprint density at radius 1 is 0.457 bits per heavy atom. The summed E-state index contributed by atoms with van der Waals surface area (Å²) in [5.41, 5.74) is 9.98. The van der Waals surface area contributed by atoms with Crippen molar-refractivity contribution in [2.45, 2.75) is 120 Å². The van der Waals surface area contributed by atoms with Gasteiger partial charge in [0.25, 0.3) is 0 Å². The summed E-state index contributed by atoms with van der Waals surface area (Å²) in [6.07, 6.45) is 21.8. The summed E-state index contributed by atoms with van der Waals surface area (Å²) < 4.78 is 0. The second kappa shape index (κ2) is 13.4. The molecule has 4 fully saturated rings. The van der Waals surface area contributed by atoms with Crippen LogP contribution in [-0.2, 0) is 5.41 Å². The first-order chi connectivity index (χ1) is 22.8. The van der Waals surface area contributed by atoms with E-state index >= 15 is 0 Å². The molecule has 1 nitrogen and oxygen atoms in total. The number of fused-ring (bicyclic) bond motifs is 2. The van der Waals surface area contributed by atoms with Gasteiger partial charge in [-0.25, -0.2) is 0 Å². The van der Waals surface area contributed by atoms with Crippen molar-refractivity contribution < 1.29 is 0 Å². The molecule has 0 heterocycles. The molecular formula is C45H53N. The third-order valence-electron chi connectivity index (χ3n) is 12.8. The lowest BCUT2D eigenvalue weighted by Gasteiger charge is -2.37. The molecule has 4 aromatic rings. The Hall–Kier alpha value is -3.32. The molecule has 46 heavy (non-hydrogen) atoms. The molecule has 8 rings (SSSR count). The topological polar surface area (TPSA) is 3.24 Å². The van der Waals surface area contributed by atoms with Crippen LogP contribution in [0, 0.1) is 11.8 Å². The van der Waals surface area contributed by atoms with Gasteiger partial charge in [-0.1, -0.05) is 125 Å². The van der Waals surface area contributed by atoms with E-state index in [1.165, 1.54) is 136 Å². The average molecular weight is 608 g/mol. The highest BCUT2D eigenvalue weighted by Crippen LogP contribution is 2.53. The van der Waals surface area contributed by atoms with Crippen molar-refractivity contribution in [3.8, 4) is 0 Å². The molecule has 0 saturated heterocycles. The summed E-state index contributed by atoms with van der Waals surface area (Å²) in [4.78, 5) is 2.51. The second-order valence-electron chi connectivity index (χ2n) is 15.4. The first-order valence-electron chi connectivity index (χ1n) is 18.9. The van der Waals surface area contributed by atoms with Gasteiger partial charge in [0.15, 0.2) is 0 Å². The first kappa shape index (κ1) is 30.0. The zero-order valence-corrected chi connectivity index (χ0v) is 27.9. The minimum atomic E-state index is 0.106. The van der Waals surface area contributed by atoms with Crippen molar-refractivity contribution in [3.63, 3.8) is 0 Å². The summed E-state index contributed by atoms with van der Waals surface area (Å²) in [6.45, 7) is 0. The van der Waals surface area contributed by atoms with Gasteiger partial charge in [-0.05, 0) is 127 Å². The lowest BCUT2D eigenvalue weighted by Crippen LogP contribution is -2.29. The number of benzene rings is 4. The van der Waals surface area contributed by atoms with Gasteiger partial charge < -0.3 is 4.90 Å². The molecule has 4 aromatic carbocycles. The van der Waals surface area contributed by atoms with Crippen LogP contribution in [0.5, 0.6) is 0 Å². The molecule has 0 N–H and O–H groups in total. The summed E-state index contributed by atoms with van der Waals surface area (Å²) in [7, 11) is 0. The van der Waals surface area contributed by atoms with Gasteiger partial charge in [0.1, 0.15) is 0 Å². The molecule has 4 saturated carbocycles. The largest absolute Gasteiger partial charge is 0.311 e. The number of hydrogen-bond acceptors (Lipinski definition) is 1. The molecule has 3 atom stereocenters. The van der Waals surface area contributed by atoms with Crippen molar-refractivity contribution in [3.05, 3.63) is 125 Å². The smallest absolute Gasteiger partial charge is 0.0461 e. The Labute approximate surface area is 278 Å². The van der Waals surface area contributed by atoms with Crippen LogP contribution in [-0.4, -0.2) is 0 Å². The highest BCUT2D eigenvalue weighted by molar-refractivity contribution is 5.77. The number of hydrogen-bond donors (Lipinski definition) is 0. The summed E-state index contributed by atoms with van der Waals surface area (Å²) >= 11 is 0. The zero-order chi connectivity index (χ0) is 30.8. The van der Waals surface area contributed by atoms with E-state index in [1.807, 2.05) is 0 Å². The predicted octanol–water partition coefficient (Wildman–Crippen LogP) is 13.1. The van der Waals surface area contributed by atoms with Crippen molar-refractivity contribution in [2.24, 2.45) is 11.8 Å². The van der Waals surface area contributed by atoms with E-state index in [0.717, 1.165) is 23.7 Å². The van der Waals surface area contributed by atoms with Gasteiger partial charge >= 0.3 is 0 Å². The monoisotopic (exact) mass is 607 g/mol. The van der Waals surface area contributed by atoms with Crippen molar-refractivity contribution in [1.82, 2.24) is 0 Å². The standard InChI is InChI=1S/C45H53N/c1-2-10-30-45(31-11-3-1,39-14-8-5-9-15-39)40-22-28-43(29-23-40)46(41-24-18-36(19-25-41)35-12-6-4-7-13-35)42-26-20-37(21-27-42)44-33-34-16-17-38(44)32-34/h5,8-9,14-15,18-29,34-35,38,44H,1-4,6-7,10-13,16-17,30-33H2. The fourth-order valence-electron chi connectivity index (χ4n) is 10.2. The molecule has 0 aromatic heterocycles. The van der Waals surface area contributed by atoms with Gasteiger partial charge in [-0.3, -0.25) is 0 Å². The van der Waals surface area contributed by atoms with Crippen LogP contribution < -0.4 is 4.90 Å². The molecule has 2 bridgehead atoms. The highest BCUT2D eigenvalue weighted by atomic mass is 15.1. The molecule has 0 aliphatic heterocycles. The van der Waals surface area contributed by atoms with Crippen LogP contribution in [0.15, 0.2) is 103 Å². The summed E-state index contributed by atoms with van der Waals surface area (Å²) in [6, 6.07) is 40.5. The SMILES string of the molecule is c1ccc(C2(c3ccc(N(c4ccc(C5CCCCC5)cc4)c4ccc(C5CC6CCC5C6)cc4)cc3)CCCCCCC2)cc1. The van der Waals surface area contributed by atoms with Crippen LogP contribution >= 0.6 is 0 Å². The Morgan fingerprint density at radius 2 is 1.00 bits per heavy atom. The Kier molecular flexibility index (Phi) is 8.77. The predicted molar refractivity (Wildman–Crippen MR) is 195 cm³/mol. The van der Waals surface area contributed by atoms with E-state index in [-0.39, 0.29) is 5.41 Å². The van der Waals surface area contributed by atoms with E-state index in [1.54, 1.807) is 5.56 Å². The maximum Gasteiger partial charge on any atom is 0.0461 e. The first-order valence-corrected chi connectivity index (χ1v) is 18.9. The fraction of sp³-hybridized carbons (Fsp3) is 0.467. The fourth-order valence-corrected chi connectivity index (χ4v) is 10.2. The lowest BCUT2D eigenvalue weighted by molar-refractivity contribution is 0.366. The van der Waals surface area contributed by atoms with Gasteiger partial charge in [0, 0.05) is 22.5 Å². The number of anilines is 3. The minimum absolute atomic E-state index is 0.106. The third-order valence-corrected chi connectivity index (χ3v) is 12.8. The molecule has 0 amide bonds. The lowest BCUT2D eigenvalue weighted by atomic mass is 9.67. The van der Waals surface area contributed by atoms with E-state index < -0.39 is 0 Å². The molecular weight excluding hydrogens is 555 g/mol. The van der Waals surface area contributed by atoms with Crippen LogP contribution in [0.25, 0.3) is 0 Å². The van der Waals surface area contributed by atoms with Crippen molar-refractivity contribution >= 4 is 17.1 Å². The Morgan fingerprint density at radius 3 is 1.59 bits per heavy atom. The number of rotatable bonds is 7. The van der Waals surface area contributed by atoms with Crippen molar-refractivity contribution in [2.75, 3.05) is 4.90 Å². The van der Waals surface area contributed by atoms with Crippen LogP contribution in [0.1, 0.15) is 137 Å². The van der Waals surface area contributed by atoms with Crippen LogP contribution in [0.2, 0.25) is 0 Å². The normalized spacial score (nSPS) is 24.7. The third kappa shape index (κ3) is 5.96. The molecule has 238 valence electrons. The van der Waals surface area contributed by atoms with Crippen LogP contribution in [0.4, 0.5) is 17.1 Å². The van der Waals surface area contributed by atoms with E-state index in [0.29, 0.717) is 0 Å². The van der Waals surface area contributed by atoms with Gasteiger partial charge in [-0.15, -0.1) is 0 Å². The maximum atomic E-state index is 2.51. The van der Waals surface area contributed by atoms with Crippen LogP contribution in [0.3, 0.4) is 0 Å². The quantitative estimate of drug-likeness (QED) is 0.202. The molecule has 3 unspecified atom stereocenters. The Balaban J connectivity index is 1.14.